The molecule has 1 heterocycles. The molecule has 1 aliphatic heterocycles. The maximum Gasteiger partial charge on any atom is 0.0354 e. The van der Waals surface area contributed by atoms with Crippen LogP contribution in [0.2, 0.25) is 0 Å². The van der Waals surface area contributed by atoms with Crippen molar-refractivity contribution in [1.29, 1.82) is 0 Å². The standard InChI is InChI=1S/C12H16BrNS/c1-9-4-11(13)6-12(5-9)14-7-10-2-3-15-8-10/h4-6,10,14H,2-3,7-8H2,1H3. The average molecular weight is 286 g/mol. The van der Waals surface area contributed by atoms with Crippen LogP contribution < -0.4 is 5.32 Å². The van der Waals surface area contributed by atoms with E-state index in [-0.39, 0.29) is 0 Å². The predicted octanol–water partition coefficient (Wildman–Crippen LogP) is 3.92. The fraction of sp³-hybridized carbons (Fsp3) is 0.500. The lowest BCUT2D eigenvalue weighted by atomic mass is 10.1. The van der Waals surface area contributed by atoms with Crippen molar-refractivity contribution in [2.75, 3.05) is 23.4 Å². The van der Waals surface area contributed by atoms with Crippen LogP contribution in [0.15, 0.2) is 22.7 Å². The van der Waals surface area contributed by atoms with E-state index in [0.29, 0.717) is 0 Å². The smallest absolute Gasteiger partial charge is 0.0354 e. The van der Waals surface area contributed by atoms with Gasteiger partial charge in [-0.15, -0.1) is 0 Å². The van der Waals surface area contributed by atoms with E-state index in [4.69, 9.17) is 0 Å². The van der Waals surface area contributed by atoms with E-state index in [0.717, 1.165) is 16.9 Å². The van der Waals surface area contributed by atoms with Crippen molar-refractivity contribution in [3.05, 3.63) is 28.2 Å². The summed E-state index contributed by atoms with van der Waals surface area (Å²) in [4.78, 5) is 0. The Morgan fingerprint density at radius 1 is 1.47 bits per heavy atom. The second-order valence-electron chi connectivity index (χ2n) is 4.13. The van der Waals surface area contributed by atoms with Gasteiger partial charge in [0.1, 0.15) is 0 Å². The Morgan fingerprint density at radius 3 is 3.00 bits per heavy atom. The van der Waals surface area contributed by atoms with Gasteiger partial charge < -0.3 is 5.32 Å². The molecule has 15 heavy (non-hydrogen) atoms. The van der Waals surface area contributed by atoms with Crippen molar-refractivity contribution in [3.8, 4) is 0 Å². The second kappa shape index (κ2) is 5.26. The normalized spacial score (nSPS) is 20.5. The third kappa shape index (κ3) is 3.42. The molecule has 0 amide bonds. The minimum atomic E-state index is 0.856. The van der Waals surface area contributed by atoms with Crippen molar-refractivity contribution in [1.82, 2.24) is 0 Å². The van der Waals surface area contributed by atoms with Crippen LogP contribution in [0.4, 0.5) is 5.69 Å². The van der Waals surface area contributed by atoms with Crippen LogP contribution in [0.1, 0.15) is 12.0 Å². The van der Waals surface area contributed by atoms with Crippen LogP contribution >= 0.6 is 27.7 Å². The van der Waals surface area contributed by atoms with Gasteiger partial charge in [0.25, 0.3) is 0 Å². The highest BCUT2D eigenvalue weighted by Crippen LogP contribution is 2.24. The van der Waals surface area contributed by atoms with Crippen molar-refractivity contribution in [3.63, 3.8) is 0 Å². The van der Waals surface area contributed by atoms with Crippen LogP contribution in [0.3, 0.4) is 0 Å². The molecule has 3 heteroatoms. The number of hydrogen-bond donors (Lipinski definition) is 1. The first-order valence-electron chi connectivity index (χ1n) is 5.33. The van der Waals surface area contributed by atoms with Crippen molar-refractivity contribution >= 4 is 33.4 Å². The topological polar surface area (TPSA) is 12.0 Å². The van der Waals surface area contributed by atoms with Crippen LogP contribution in [0.5, 0.6) is 0 Å². The number of rotatable bonds is 3. The van der Waals surface area contributed by atoms with E-state index < -0.39 is 0 Å². The molecular weight excluding hydrogens is 270 g/mol. The Labute approximate surface area is 104 Å². The number of thioether (sulfide) groups is 1. The molecular formula is C12H16BrNS. The third-order valence-electron chi connectivity index (χ3n) is 2.66. The maximum absolute atomic E-state index is 3.52. The van der Waals surface area contributed by atoms with Crippen LogP contribution in [0, 0.1) is 12.8 Å². The number of aryl methyl sites for hydroxylation is 1. The van der Waals surface area contributed by atoms with Gasteiger partial charge >= 0.3 is 0 Å². The predicted molar refractivity (Wildman–Crippen MR) is 72.8 cm³/mol. The van der Waals surface area contributed by atoms with Crippen LogP contribution in [-0.4, -0.2) is 18.1 Å². The molecule has 1 fully saturated rings. The summed E-state index contributed by atoms with van der Waals surface area (Å²) in [6.45, 7) is 3.24. The highest BCUT2D eigenvalue weighted by Gasteiger charge is 2.14. The molecule has 0 aromatic heterocycles. The zero-order valence-electron chi connectivity index (χ0n) is 8.92. The minimum absolute atomic E-state index is 0.856. The van der Waals surface area contributed by atoms with Gasteiger partial charge in [-0.3, -0.25) is 0 Å². The lowest BCUT2D eigenvalue weighted by Crippen LogP contribution is -2.13. The van der Waals surface area contributed by atoms with Crippen LogP contribution in [0.25, 0.3) is 0 Å². The van der Waals surface area contributed by atoms with Gasteiger partial charge in [-0.25, -0.2) is 0 Å². The molecule has 2 rings (SSSR count). The fourth-order valence-electron chi connectivity index (χ4n) is 1.84. The monoisotopic (exact) mass is 285 g/mol. The van der Waals surface area contributed by atoms with Crippen molar-refractivity contribution in [2.45, 2.75) is 13.3 Å². The summed E-state index contributed by atoms with van der Waals surface area (Å²) < 4.78 is 1.16. The number of nitrogens with one attached hydrogen (secondary N) is 1. The van der Waals surface area contributed by atoms with E-state index in [9.17, 15) is 0 Å². The van der Waals surface area contributed by atoms with Gasteiger partial charge in [0.2, 0.25) is 0 Å². The number of benzene rings is 1. The highest BCUT2D eigenvalue weighted by molar-refractivity contribution is 9.10. The summed E-state index contributed by atoms with van der Waals surface area (Å²) in [6.07, 6.45) is 1.37. The average Bonchev–Trinajstić information content (AvgIpc) is 2.65. The second-order valence-corrected chi connectivity index (χ2v) is 6.19. The zero-order valence-corrected chi connectivity index (χ0v) is 11.3. The summed E-state index contributed by atoms with van der Waals surface area (Å²) in [5.41, 5.74) is 2.53. The van der Waals surface area contributed by atoms with Gasteiger partial charge in [0.15, 0.2) is 0 Å². The van der Waals surface area contributed by atoms with Gasteiger partial charge in [-0.05, 0) is 54.5 Å². The quantitative estimate of drug-likeness (QED) is 0.903. The van der Waals surface area contributed by atoms with E-state index >= 15 is 0 Å². The summed E-state index contributed by atoms with van der Waals surface area (Å²) in [6, 6.07) is 6.48. The fourth-order valence-corrected chi connectivity index (χ4v) is 3.74. The molecule has 1 N–H and O–H groups in total. The molecule has 0 radical (unpaired) electrons. The van der Waals surface area contributed by atoms with Gasteiger partial charge in [0, 0.05) is 16.7 Å². The minimum Gasteiger partial charge on any atom is -0.385 e. The molecule has 82 valence electrons. The van der Waals surface area contributed by atoms with Crippen LogP contribution in [-0.2, 0) is 0 Å². The highest BCUT2D eigenvalue weighted by atomic mass is 79.9. The molecule has 0 saturated carbocycles. The van der Waals surface area contributed by atoms with Crippen molar-refractivity contribution in [2.24, 2.45) is 5.92 Å². The Balaban J connectivity index is 1.92. The lowest BCUT2D eigenvalue weighted by Gasteiger charge is -2.12. The van der Waals surface area contributed by atoms with Gasteiger partial charge in [-0.1, -0.05) is 15.9 Å². The molecule has 1 unspecified atom stereocenters. The molecule has 0 aliphatic carbocycles. The number of hydrogen-bond acceptors (Lipinski definition) is 2. The third-order valence-corrected chi connectivity index (χ3v) is 4.35. The summed E-state index contributed by atoms with van der Waals surface area (Å²) >= 11 is 5.60. The first kappa shape index (κ1) is 11.3. The van der Waals surface area contributed by atoms with Gasteiger partial charge in [0.05, 0.1) is 0 Å². The Hall–Kier alpha value is -0.150. The van der Waals surface area contributed by atoms with E-state index in [1.807, 2.05) is 0 Å². The molecule has 1 aromatic carbocycles. The molecule has 1 atom stereocenters. The van der Waals surface area contributed by atoms with E-state index in [1.54, 1.807) is 0 Å². The SMILES string of the molecule is Cc1cc(Br)cc(NCC2CCSC2)c1. The molecule has 1 aliphatic rings. The molecule has 0 bridgehead atoms. The first-order valence-corrected chi connectivity index (χ1v) is 7.27. The van der Waals surface area contributed by atoms with E-state index in [2.05, 4.69) is 58.1 Å². The van der Waals surface area contributed by atoms with Crippen molar-refractivity contribution < 1.29 is 0 Å². The molecule has 0 spiro atoms. The molecule has 1 saturated heterocycles. The van der Waals surface area contributed by atoms with Gasteiger partial charge in [-0.2, -0.15) is 11.8 Å². The summed E-state index contributed by atoms with van der Waals surface area (Å²) in [7, 11) is 0. The Bertz CT molecular complexity index is 314. The number of halogens is 1. The summed E-state index contributed by atoms with van der Waals surface area (Å²) in [5.74, 6) is 3.51. The zero-order chi connectivity index (χ0) is 10.7. The lowest BCUT2D eigenvalue weighted by molar-refractivity contribution is 0.632. The van der Waals surface area contributed by atoms with E-state index in [1.165, 1.54) is 29.2 Å². The molecule has 1 aromatic rings. The molecule has 1 nitrogen and oxygen atoms in total. The number of anilines is 1. The largest absolute Gasteiger partial charge is 0.385 e. The maximum atomic E-state index is 3.52. The Kier molecular flexibility index (Phi) is 3.98. The first-order chi connectivity index (χ1) is 7.24. The Morgan fingerprint density at radius 2 is 2.33 bits per heavy atom. The summed E-state index contributed by atoms with van der Waals surface area (Å²) in [5, 5.41) is 3.52.